The maximum absolute atomic E-state index is 13.1. The molecule has 1 aliphatic rings. The van der Waals surface area contributed by atoms with Crippen LogP contribution in [0.4, 0.5) is 4.39 Å². The van der Waals surface area contributed by atoms with E-state index in [1.54, 1.807) is 32.3 Å². The standard InChI is InChI=1S/C18H24FNO4/c1-20(2)18(22)16-11-14(13-5-7-15(19)8-6-13)12-17(24-16)23-10-4-3-9-21/h5-8,11,14,17,21H,3-4,9-10,12H2,1-2H3/t14-,17+/m1/s1. The topological polar surface area (TPSA) is 59.0 Å². The third-order valence-electron chi connectivity index (χ3n) is 3.83. The molecule has 0 saturated carbocycles. The molecule has 5 nitrogen and oxygen atoms in total. The Hall–Kier alpha value is -1.92. The van der Waals surface area contributed by atoms with Crippen molar-refractivity contribution >= 4 is 5.91 Å². The Kier molecular flexibility index (Phi) is 6.75. The number of rotatable bonds is 7. The Labute approximate surface area is 141 Å². The summed E-state index contributed by atoms with van der Waals surface area (Å²) < 4.78 is 24.5. The van der Waals surface area contributed by atoms with E-state index in [9.17, 15) is 9.18 Å². The van der Waals surface area contributed by atoms with Crippen molar-refractivity contribution in [3.63, 3.8) is 0 Å². The van der Waals surface area contributed by atoms with Gasteiger partial charge < -0.3 is 19.5 Å². The number of allylic oxidation sites excluding steroid dienone is 1. The number of halogens is 1. The number of aliphatic hydroxyl groups excluding tert-OH is 1. The molecule has 1 aromatic rings. The van der Waals surface area contributed by atoms with Crippen molar-refractivity contribution in [3.05, 3.63) is 47.5 Å². The molecule has 6 heteroatoms. The van der Waals surface area contributed by atoms with Crippen LogP contribution in [0.25, 0.3) is 0 Å². The number of likely N-dealkylation sites (N-methyl/N-ethyl adjacent to an activating group) is 1. The monoisotopic (exact) mass is 337 g/mol. The summed E-state index contributed by atoms with van der Waals surface area (Å²) in [6.07, 6.45) is 3.16. The maximum atomic E-state index is 13.1. The summed E-state index contributed by atoms with van der Waals surface area (Å²) in [6, 6.07) is 6.23. The van der Waals surface area contributed by atoms with Crippen LogP contribution in [0.3, 0.4) is 0 Å². The van der Waals surface area contributed by atoms with E-state index in [1.807, 2.05) is 0 Å². The number of hydrogen-bond donors (Lipinski definition) is 1. The first-order valence-electron chi connectivity index (χ1n) is 8.09. The quantitative estimate of drug-likeness (QED) is 0.776. The summed E-state index contributed by atoms with van der Waals surface area (Å²) in [5.41, 5.74) is 0.910. The van der Waals surface area contributed by atoms with Crippen LogP contribution in [-0.4, -0.2) is 49.5 Å². The Morgan fingerprint density at radius 2 is 2.04 bits per heavy atom. The van der Waals surface area contributed by atoms with E-state index in [0.717, 1.165) is 12.0 Å². The van der Waals surface area contributed by atoms with Gasteiger partial charge in [-0.15, -0.1) is 0 Å². The van der Waals surface area contributed by atoms with Crippen LogP contribution in [0.2, 0.25) is 0 Å². The molecular formula is C18H24FNO4. The van der Waals surface area contributed by atoms with Gasteiger partial charge in [-0.05, 0) is 36.6 Å². The molecule has 1 aromatic carbocycles. The Balaban J connectivity index is 2.13. The molecule has 0 saturated heterocycles. The normalized spacial score (nSPS) is 20.2. The molecule has 0 spiro atoms. The zero-order valence-corrected chi connectivity index (χ0v) is 14.1. The van der Waals surface area contributed by atoms with Gasteiger partial charge in [0, 0.05) is 33.0 Å². The molecular weight excluding hydrogens is 313 g/mol. The van der Waals surface area contributed by atoms with Gasteiger partial charge in [0.1, 0.15) is 5.82 Å². The Bertz CT molecular complexity index is 571. The maximum Gasteiger partial charge on any atom is 0.288 e. The number of aliphatic hydroxyl groups is 1. The van der Waals surface area contributed by atoms with Crippen molar-refractivity contribution in [1.82, 2.24) is 4.90 Å². The van der Waals surface area contributed by atoms with E-state index in [0.29, 0.717) is 19.4 Å². The van der Waals surface area contributed by atoms with Crippen LogP contribution in [0.5, 0.6) is 0 Å². The van der Waals surface area contributed by atoms with Crippen LogP contribution < -0.4 is 0 Å². The predicted molar refractivity (Wildman–Crippen MR) is 87.7 cm³/mol. The van der Waals surface area contributed by atoms with Crippen LogP contribution >= 0.6 is 0 Å². The first-order chi connectivity index (χ1) is 11.5. The summed E-state index contributed by atoms with van der Waals surface area (Å²) in [6.45, 7) is 0.572. The molecule has 0 aliphatic carbocycles. The molecule has 0 fully saturated rings. The summed E-state index contributed by atoms with van der Waals surface area (Å²) in [7, 11) is 3.32. The second kappa shape index (κ2) is 8.80. The third kappa shape index (κ3) is 5.04. The molecule has 2 rings (SSSR count). The molecule has 0 unspecified atom stereocenters. The first kappa shape index (κ1) is 18.4. The van der Waals surface area contributed by atoms with Gasteiger partial charge in [-0.3, -0.25) is 4.79 Å². The van der Waals surface area contributed by atoms with Crippen molar-refractivity contribution in [1.29, 1.82) is 0 Å². The van der Waals surface area contributed by atoms with Crippen molar-refractivity contribution < 1.29 is 23.8 Å². The van der Waals surface area contributed by atoms with E-state index in [1.165, 1.54) is 17.0 Å². The van der Waals surface area contributed by atoms with Gasteiger partial charge in [-0.2, -0.15) is 0 Å². The molecule has 132 valence electrons. The summed E-state index contributed by atoms with van der Waals surface area (Å²) >= 11 is 0. The average Bonchev–Trinajstić information content (AvgIpc) is 2.58. The second-order valence-electron chi connectivity index (χ2n) is 5.97. The molecule has 0 bridgehead atoms. The van der Waals surface area contributed by atoms with E-state index >= 15 is 0 Å². The number of amides is 1. The second-order valence-corrected chi connectivity index (χ2v) is 5.97. The van der Waals surface area contributed by atoms with Crippen LogP contribution in [0, 0.1) is 5.82 Å². The fourth-order valence-electron chi connectivity index (χ4n) is 2.50. The fraction of sp³-hybridized carbons (Fsp3) is 0.500. The highest BCUT2D eigenvalue weighted by molar-refractivity contribution is 5.91. The number of benzene rings is 1. The van der Waals surface area contributed by atoms with E-state index in [-0.39, 0.29) is 30.0 Å². The van der Waals surface area contributed by atoms with Gasteiger partial charge in [0.2, 0.25) is 6.29 Å². The minimum absolute atomic E-state index is 0.0823. The summed E-state index contributed by atoms with van der Waals surface area (Å²) in [4.78, 5) is 13.7. The number of carbonyl (C=O) groups is 1. The lowest BCUT2D eigenvalue weighted by Crippen LogP contribution is -2.32. The highest BCUT2D eigenvalue weighted by Crippen LogP contribution is 2.32. The van der Waals surface area contributed by atoms with Gasteiger partial charge in [0.15, 0.2) is 5.76 Å². The largest absolute Gasteiger partial charge is 0.459 e. The lowest BCUT2D eigenvalue weighted by Gasteiger charge is -2.30. The highest BCUT2D eigenvalue weighted by Gasteiger charge is 2.29. The van der Waals surface area contributed by atoms with Gasteiger partial charge >= 0.3 is 0 Å². The number of unbranched alkanes of at least 4 members (excludes halogenated alkanes) is 1. The van der Waals surface area contributed by atoms with Gasteiger partial charge in [-0.1, -0.05) is 12.1 Å². The van der Waals surface area contributed by atoms with Crippen LogP contribution in [-0.2, 0) is 14.3 Å². The zero-order chi connectivity index (χ0) is 17.5. The smallest absolute Gasteiger partial charge is 0.288 e. The van der Waals surface area contributed by atoms with Crippen LogP contribution in [0.1, 0.15) is 30.7 Å². The Morgan fingerprint density at radius 1 is 1.33 bits per heavy atom. The molecule has 1 N–H and O–H groups in total. The molecule has 0 radical (unpaired) electrons. The minimum Gasteiger partial charge on any atom is -0.459 e. The van der Waals surface area contributed by atoms with Crippen molar-refractivity contribution in [2.75, 3.05) is 27.3 Å². The number of carbonyl (C=O) groups excluding carboxylic acids is 1. The van der Waals surface area contributed by atoms with Gasteiger partial charge in [-0.25, -0.2) is 4.39 Å². The fourth-order valence-corrected chi connectivity index (χ4v) is 2.50. The minimum atomic E-state index is -0.539. The van der Waals surface area contributed by atoms with Gasteiger partial charge in [0.25, 0.3) is 5.91 Å². The summed E-state index contributed by atoms with van der Waals surface area (Å²) in [5, 5.41) is 8.82. The Morgan fingerprint density at radius 3 is 2.67 bits per heavy atom. The predicted octanol–water partition coefficient (Wildman–Crippen LogP) is 2.42. The van der Waals surface area contributed by atoms with Crippen molar-refractivity contribution in [2.24, 2.45) is 0 Å². The van der Waals surface area contributed by atoms with E-state index in [4.69, 9.17) is 14.6 Å². The third-order valence-corrected chi connectivity index (χ3v) is 3.83. The highest BCUT2D eigenvalue weighted by atomic mass is 19.1. The van der Waals surface area contributed by atoms with Crippen LogP contribution in [0.15, 0.2) is 36.1 Å². The van der Waals surface area contributed by atoms with E-state index < -0.39 is 6.29 Å². The molecule has 1 amide bonds. The summed E-state index contributed by atoms with van der Waals surface area (Å²) in [5.74, 6) is -0.365. The SMILES string of the molecule is CN(C)C(=O)C1=C[C@@H](c2ccc(F)cc2)C[C@@H](OCCCCO)O1. The zero-order valence-electron chi connectivity index (χ0n) is 14.1. The molecule has 2 atom stereocenters. The average molecular weight is 337 g/mol. The molecule has 1 aliphatic heterocycles. The first-order valence-corrected chi connectivity index (χ1v) is 8.09. The molecule has 24 heavy (non-hydrogen) atoms. The number of hydrogen-bond acceptors (Lipinski definition) is 4. The lowest BCUT2D eigenvalue weighted by atomic mass is 9.93. The van der Waals surface area contributed by atoms with Crippen molar-refractivity contribution in [2.45, 2.75) is 31.5 Å². The molecule has 0 aromatic heterocycles. The van der Waals surface area contributed by atoms with Crippen molar-refractivity contribution in [3.8, 4) is 0 Å². The number of nitrogens with zero attached hydrogens (tertiary/aromatic N) is 1. The number of ether oxygens (including phenoxy) is 2. The van der Waals surface area contributed by atoms with E-state index in [2.05, 4.69) is 0 Å². The molecule has 1 heterocycles. The van der Waals surface area contributed by atoms with Gasteiger partial charge in [0.05, 0.1) is 6.61 Å². The lowest BCUT2D eigenvalue weighted by molar-refractivity contribution is -0.151.